The molecule has 0 saturated carbocycles. The highest BCUT2D eigenvalue weighted by molar-refractivity contribution is 6.31. The molecule has 7 heteroatoms. The molecule has 1 amide bonds. The molecule has 1 fully saturated rings. The Morgan fingerprint density at radius 2 is 1.86 bits per heavy atom. The Morgan fingerprint density at radius 1 is 1.11 bits per heavy atom. The van der Waals surface area contributed by atoms with Crippen molar-refractivity contribution >= 4 is 28.9 Å². The Balaban J connectivity index is 1.38. The smallest absolute Gasteiger partial charge is 0.258 e. The number of amides is 1. The number of hydrogen-bond acceptors (Lipinski definition) is 4. The molecule has 2 heterocycles. The molecular formula is C21H21ClN4O2. The van der Waals surface area contributed by atoms with Crippen molar-refractivity contribution in [3.8, 4) is 0 Å². The zero-order valence-corrected chi connectivity index (χ0v) is 16.1. The minimum Gasteiger partial charge on any atom is -0.378 e. The second-order valence-electron chi connectivity index (χ2n) is 6.62. The van der Waals surface area contributed by atoms with Crippen LogP contribution in [0.25, 0.3) is 0 Å². The van der Waals surface area contributed by atoms with Gasteiger partial charge in [-0.2, -0.15) is 5.10 Å². The van der Waals surface area contributed by atoms with Crippen molar-refractivity contribution < 1.29 is 9.53 Å². The molecular weight excluding hydrogens is 376 g/mol. The Bertz CT molecular complexity index is 949. The number of benzene rings is 2. The predicted octanol–water partition coefficient (Wildman–Crippen LogP) is 3.67. The van der Waals surface area contributed by atoms with E-state index in [-0.39, 0.29) is 5.91 Å². The quantitative estimate of drug-likeness (QED) is 0.714. The first-order valence-electron chi connectivity index (χ1n) is 9.19. The number of morpholine rings is 1. The average Bonchev–Trinajstić information content (AvgIpc) is 3.20. The van der Waals surface area contributed by atoms with E-state index in [1.807, 2.05) is 48.5 Å². The maximum absolute atomic E-state index is 12.5. The molecule has 6 nitrogen and oxygen atoms in total. The molecule has 0 atom stereocenters. The van der Waals surface area contributed by atoms with Gasteiger partial charge in [0.15, 0.2) is 0 Å². The molecule has 3 aromatic rings. The van der Waals surface area contributed by atoms with E-state index in [1.54, 1.807) is 17.1 Å². The summed E-state index contributed by atoms with van der Waals surface area (Å²) in [6.45, 7) is 3.78. The number of anilines is 2. The van der Waals surface area contributed by atoms with Gasteiger partial charge in [0.1, 0.15) is 0 Å². The van der Waals surface area contributed by atoms with Crippen LogP contribution < -0.4 is 10.2 Å². The van der Waals surface area contributed by atoms with Crippen LogP contribution in [0.4, 0.5) is 11.4 Å². The molecule has 1 aromatic heterocycles. The van der Waals surface area contributed by atoms with Gasteiger partial charge in [-0.1, -0.05) is 29.8 Å². The molecule has 0 aliphatic carbocycles. The van der Waals surface area contributed by atoms with Gasteiger partial charge in [-0.05, 0) is 35.9 Å². The third kappa shape index (κ3) is 4.35. The van der Waals surface area contributed by atoms with E-state index in [2.05, 4.69) is 15.3 Å². The van der Waals surface area contributed by atoms with Gasteiger partial charge in [-0.3, -0.25) is 9.48 Å². The summed E-state index contributed by atoms with van der Waals surface area (Å²) in [5, 5.41) is 7.87. The van der Waals surface area contributed by atoms with Crippen molar-refractivity contribution in [2.45, 2.75) is 6.54 Å². The lowest BCUT2D eigenvalue weighted by atomic mass is 10.2. The predicted molar refractivity (Wildman–Crippen MR) is 110 cm³/mol. The molecule has 1 N–H and O–H groups in total. The van der Waals surface area contributed by atoms with Gasteiger partial charge in [0.25, 0.3) is 5.91 Å². The van der Waals surface area contributed by atoms with Crippen LogP contribution in [0, 0.1) is 0 Å². The Kier molecular flexibility index (Phi) is 5.60. The van der Waals surface area contributed by atoms with Crippen molar-refractivity contribution in [3.05, 3.63) is 77.1 Å². The summed E-state index contributed by atoms with van der Waals surface area (Å²) in [5.74, 6) is -0.190. The van der Waals surface area contributed by atoms with Gasteiger partial charge in [0.2, 0.25) is 0 Å². The van der Waals surface area contributed by atoms with Gasteiger partial charge in [-0.25, -0.2) is 0 Å². The number of carbonyl (C=O) groups is 1. The van der Waals surface area contributed by atoms with Crippen molar-refractivity contribution in [1.29, 1.82) is 0 Å². The molecule has 0 radical (unpaired) electrons. The van der Waals surface area contributed by atoms with E-state index >= 15 is 0 Å². The summed E-state index contributed by atoms with van der Waals surface area (Å²) in [5.41, 5.74) is 3.34. The largest absolute Gasteiger partial charge is 0.378 e. The van der Waals surface area contributed by atoms with E-state index in [0.717, 1.165) is 43.2 Å². The lowest BCUT2D eigenvalue weighted by molar-refractivity contribution is 0.102. The zero-order chi connectivity index (χ0) is 19.3. The lowest BCUT2D eigenvalue weighted by Crippen LogP contribution is -2.36. The summed E-state index contributed by atoms with van der Waals surface area (Å²) in [4.78, 5) is 14.8. The third-order valence-corrected chi connectivity index (χ3v) is 5.06. The van der Waals surface area contributed by atoms with E-state index in [0.29, 0.717) is 17.1 Å². The standard InChI is InChI=1S/C21H21ClN4O2/c22-20-4-2-1-3-16(20)14-26-15-17(13-23-26)21(27)24-18-5-7-19(8-6-18)25-9-11-28-12-10-25/h1-8,13,15H,9-12,14H2,(H,24,27). The summed E-state index contributed by atoms with van der Waals surface area (Å²) >= 11 is 6.19. The molecule has 2 aromatic carbocycles. The fraction of sp³-hybridized carbons (Fsp3) is 0.238. The fourth-order valence-electron chi connectivity index (χ4n) is 3.15. The molecule has 144 valence electrons. The van der Waals surface area contributed by atoms with Gasteiger partial charge < -0.3 is 15.0 Å². The molecule has 0 bridgehead atoms. The molecule has 4 rings (SSSR count). The highest BCUT2D eigenvalue weighted by Gasteiger charge is 2.13. The Labute approximate surface area is 168 Å². The third-order valence-electron chi connectivity index (χ3n) is 4.69. The molecule has 1 saturated heterocycles. The maximum atomic E-state index is 12.5. The monoisotopic (exact) mass is 396 g/mol. The molecule has 1 aliphatic rings. The molecule has 0 unspecified atom stereocenters. The van der Waals surface area contributed by atoms with Crippen LogP contribution in [0.3, 0.4) is 0 Å². The summed E-state index contributed by atoms with van der Waals surface area (Å²) in [6, 6.07) is 15.5. The number of aromatic nitrogens is 2. The summed E-state index contributed by atoms with van der Waals surface area (Å²) in [7, 11) is 0. The Morgan fingerprint density at radius 3 is 2.61 bits per heavy atom. The van der Waals surface area contributed by atoms with Crippen molar-refractivity contribution in [3.63, 3.8) is 0 Å². The SMILES string of the molecule is O=C(Nc1ccc(N2CCOCC2)cc1)c1cnn(Cc2ccccc2Cl)c1. The zero-order valence-electron chi connectivity index (χ0n) is 15.3. The number of halogens is 1. The first-order chi connectivity index (χ1) is 13.7. The fourth-order valence-corrected chi connectivity index (χ4v) is 3.34. The number of ether oxygens (including phenoxy) is 1. The normalized spacial score (nSPS) is 14.1. The van der Waals surface area contributed by atoms with Gasteiger partial charge in [0.05, 0.1) is 31.5 Å². The van der Waals surface area contributed by atoms with Crippen LogP contribution in [0.1, 0.15) is 15.9 Å². The molecule has 0 spiro atoms. The van der Waals surface area contributed by atoms with Crippen molar-refractivity contribution in [2.24, 2.45) is 0 Å². The van der Waals surface area contributed by atoms with Gasteiger partial charge in [-0.15, -0.1) is 0 Å². The Hall–Kier alpha value is -2.83. The number of nitrogens with one attached hydrogen (secondary N) is 1. The van der Waals surface area contributed by atoms with E-state index < -0.39 is 0 Å². The molecule has 28 heavy (non-hydrogen) atoms. The van der Waals surface area contributed by atoms with Crippen molar-refractivity contribution in [2.75, 3.05) is 36.5 Å². The lowest BCUT2D eigenvalue weighted by Gasteiger charge is -2.28. The summed E-state index contributed by atoms with van der Waals surface area (Å²) < 4.78 is 7.08. The average molecular weight is 397 g/mol. The minimum absolute atomic E-state index is 0.190. The van der Waals surface area contributed by atoms with E-state index in [4.69, 9.17) is 16.3 Å². The van der Waals surface area contributed by atoms with E-state index in [9.17, 15) is 4.79 Å². The highest BCUT2D eigenvalue weighted by atomic mass is 35.5. The van der Waals surface area contributed by atoms with Crippen LogP contribution in [-0.2, 0) is 11.3 Å². The van der Waals surface area contributed by atoms with Crippen LogP contribution >= 0.6 is 11.6 Å². The van der Waals surface area contributed by atoms with E-state index in [1.165, 1.54) is 0 Å². The number of nitrogens with zero attached hydrogens (tertiary/aromatic N) is 3. The minimum atomic E-state index is -0.190. The van der Waals surface area contributed by atoms with Crippen LogP contribution in [0.5, 0.6) is 0 Å². The van der Waals surface area contributed by atoms with Gasteiger partial charge in [0, 0.05) is 35.7 Å². The first-order valence-corrected chi connectivity index (χ1v) is 9.57. The number of hydrogen-bond donors (Lipinski definition) is 1. The highest BCUT2D eigenvalue weighted by Crippen LogP contribution is 2.20. The van der Waals surface area contributed by atoms with Crippen LogP contribution in [0.15, 0.2) is 60.9 Å². The van der Waals surface area contributed by atoms with Crippen molar-refractivity contribution in [1.82, 2.24) is 9.78 Å². The molecule has 1 aliphatic heterocycles. The van der Waals surface area contributed by atoms with Crippen LogP contribution in [-0.4, -0.2) is 42.0 Å². The number of rotatable bonds is 5. The first kappa shape index (κ1) is 18.5. The topological polar surface area (TPSA) is 59.4 Å². The second kappa shape index (κ2) is 8.46. The van der Waals surface area contributed by atoms with Crippen LogP contribution in [0.2, 0.25) is 5.02 Å². The second-order valence-corrected chi connectivity index (χ2v) is 7.03. The van der Waals surface area contributed by atoms with Gasteiger partial charge >= 0.3 is 0 Å². The number of carbonyl (C=O) groups excluding carboxylic acids is 1. The summed E-state index contributed by atoms with van der Waals surface area (Å²) in [6.07, 6.45) is 3.29. The maximum Gasteiger partial charge on any atom is 0.258 e.